The Morgan fingerprint density at radius 3 is 2.96 bits per heavy atom. The second-order valence-corrected chi connectivity index (χ2v) is 7.51. The molecule has 1 N–H and O–H groups in total. The minimum atomic E-state index is -0.0376. The second-order valence-electron chi connectivity index (χ2n) is 7.51. The summed E-state index contributed by atoms with van der Waals surface area (Å²) in [5.41, 5.74) is 1.74. The van der Waals surface area contributed by atoms with Gasteiger partial charge in [-0.05, 0) is 42.9 Å². The molecule has 2 aromatic rings. The lowest BCUT2D eigenvalue weighted by Crippen LogP contribution is -2.40. The minimum Gasteiger partial charge on any atom is -0.423 e. The number of likely N-dealkylation sites (tertiary alicyclic amines) is 1. The number of nitrogens with zero attached hydrogens (tertiary/aromatic N) is 3. The highest BCUT2D eigenvalue weighted by molar-refractivity contribution is 5.90. The molecule has 0 saturated carbocycles. The van der Waals surface area contributed by atoms with Crippen molar-refractivity contribution in [3.8, 4) is 11.5 Å². The van der Waals surface area contributed by atoms with Crippen LogP contribution in [0.2, 0.25) is 0 Å². The van der Waals surface area contributed by atoms with Crippen molar-refractivity contribution in [3.05, 3.63) is 30.7 Å². The van der Waals surface area contributed by atoms with Crippen LogP contribution in [0.25, 0.3) is 11.5 Å². The Hall–Kier alpha value is -2.37. The van der Waals surface area contributed by atoms with Crippen LogP contribution in [0.1, 0.15) is 40.0 Å². The fourth-order valence-electron chi connectivity index (χ4n) is 3.25. The zero-order valence-electron chi connectivity index (χ0n) is 14.5. The maximum absolute atomic E-state index is 12.7. The zero-order valence-corrected chi connectivity index (χ0v) is 14.5. The van der Waals surface area contributed by atoms with Crippen LogP contribution in [-0.2, 0) is 0 Å². The zero-order chi connectivity index (χ0) is 17.2. The molecule has 0 spiro atoms. The number of anilines is 1. The Morgan fingerprint density at radius 2 is 2.25 bits per heavy atom. The Labute approximate surface area is 142 Å². The van der Waals surface area contributed by atoms with Crippen molar-refractivity contribution in [1.82, 2.24) is 15.1 Å². The van der Waals surface area contributed by atoms with E-state index in [9.17, 15) is 4.79 Å². The van der Waals surface area contributed by atoms with Crippen LogP contribution in [0.4, 0.5) is 10.5 Å². The molecular weight excluding hydrogens is 304 g/mol. The molecule has 1 fully saturated rings. The molecule has 2 amide bonds. The standard InChI is InChI=1S/C18H24N4O2/c1-18(2,3)11-15-8-5-9-22(15)17(23)20-14-7-4-6-13(10-14)16-21-19-12-24-16/h4,6-7,10,12,15H,5,8-9,11H2,1-3H3,(H,20,23)/t15-/m0/s1. The molecule has 0 radical (unpaired) electrons. The van der Waals surface area contributed by atoms with Crippen molar-refractivity contribution in [3.63, 3.8) is 0 Å². The molecule has 1 aromatic heterocycles. The second kappa shape index (κ2) is 6.63. The van der Waals surface area contributed by atoms with Crippen LogP contribution < -0.4 is 5.32 Å². The number of nitrogens with one attached hydrogen (secondary N) is 1. The van der Waals surface area contributed by atoms with Crippen molar-refractivity contribution in [1.29, 1.82) is 0 Å². The van der Waals surface area contributed by atoms with E-state index >= 15 is 0 Å². The van der Waals surface area contributed by atoms with Gasteiger partial charge in [0.25, 0.3) is 0 Å². The molecule has 2 heterocycles. The van der Waals surface area contributed by atoms with E-state index in [2.05, 4.69) is 36.3 Å². The molecule has 24 heavy (non-hydrogen) atoms. The van der Waals surface area contributed by atoms with E-state index < -0.39 is 0 Å². The largest absolute Gasteiger partial charge is 0.423 e. The van der Waals surface area contributed by atoms with Crippen molar-refractivity contribution in [2.45, 2.75) is 46.1 Å². The molecule has 6 nitrogen and oxygen atoms in total. The topological polar surface area (TPSA) is 71.3 Å². The summed E-state index contributed by atoms with van der Waals surface area (Å²) in [6.45, 7) is 7.47. The molecule has 128 valence electrons. The van der Waals surface area contributed by atoms with E-state index in [-0.39, 0.29) is 11.4 Å². The maximum atomic E-state index is 12.7. The predicted molar refractivity (Wildman–Crippen MR) is 92.6 cm³/mol. The average Bonchev–Trinajstić information content (AvgIpc) is 3.17. The number of carbonyl (C=O) groups excluding carboxylic acids is 1. The third kappa shape index (κ3) is 3.93. The number of urea groups is 1. The van der Waals surface area contributed by atoms with Gasteiger partial charge in [-0.25, -0.2) is 4.79 Å². The summed E-state index contributed by atoms with van der Waals surface area (Å²) in [5, 5.41) is 10.6. The number of hydrogen-bond acceptors (Lipinski definition) is 4. The first-order valence-corrected chi connectivity index (χ1v) is 8.37. The van der Waals surface area contributed by atoms with Gasteiger partial charge in [-0.15, -0.1) is 10.2 Å². The van der Waals surface area contributed by atoms with E-state index in [1.54, 1.807) is 0 Å². The Morgan fingerprint density at radius 1 is 1.42 bits per heavy atom. The molecular formula is C18H24N4O2. The smallest absolute Gasteiger partial charge is 0.322 e. The van der Waals surface area contributed by atoms with Crippen LogP contribution in [-0.4, -0.2) is 33.7 Å². The summed E-state index contributed by atoms with van der Waals surface area (Å²) in [7, 11) is 0. The van der Waals surface area contributed by atoms with Crippen molar-refractivity contribution < 1.29 is 9.21 Å². The van der Waals surface area contributed by atoms with Gasteiger partial charge in [-0.3, -0.25) is 0 Å². The summed E-state index contributed by atoms with van der Waals surface area (Å²) in [4.78, 5) is 14.6. The summed E-state index contributed by atoms with van der Waals surface area (Å²) in [5.74, 6) is 0.442. The van der Waals surface area contributed by atoms with Gasteiger partial charge in [-0.1, -0.05) is 26.8 Å². The van der Waals surface area contributed by atoms with Gasteiger partial charge in [0.2, 0.25) is 12.3 Å². The minimum absolute atomic E-state index is 0.0376. The van der Waals surface area contributed by atoms with Crippen LogP contribution in [0.5, 0.6) is 0 Å². The quantitative estimate of drug-likeness (QED) is 0.918. The number of benzene rings is 1. The number of aromatic nitrogens is 2. The third-order valence-corrected chi connectivity index (χ3v) is 4.21. The van der Waals surface area contributed by atoms with Crippen molar-refractivity contribution in [2.75, 3.05) is 11.9 Å². The Balaban J connectivity index is 1.69. The SMILES string of the molecule is CC(C)(C)C[C@@H]1CCCN1C(=O)Nc1cccc(-c2nnco2)c1. The Bertz CT molecular complexity index is 691. The number of carbonyl (C=O) groups is 1. The van der Waals surface area contributed by atoms with Gasteiger partial charge in [0, 0.05) is 23.8 Å². The molecule has 1 aromatic carbocycles. The first kappa shape index (κ1) is 16.5. The maximum Gasteiger partial charge on any atom is 0.322 e. The molecule has 1 aliphatic rings. The fraction of sp³-hybridized carbons (Fsp3) is 0.500. The molecule has 1 aliphatic heterocycles. The highest BCUT2D eigenvalue weighted by Crippen LogP contribution is 2.30. The predicted octanol–water partition coefficient (Wildman–Crippen LogP) is 4.17. The van der Waals surface area contributed by atoms with Gasteiger partial charge >= 0.3 is 6.03 Å². The first-order chi connectivity index (χ1) is 11.4. The average molecular weight is 328 g/mol. The Kier molecular flexibility index (Phi) is 4.55. The van der Waals surface area contributed by atoms with Crippen molar-refractivity contribution in [2.24, 2.45) is 5.41 Å². The molecule has 0 unspecified atom stereocenters. The lowest BCUT2D eigenvalue weighted by atomic mass is 9.87. The van der Waals surface area contributed by atoms with Crippen molar-refractivity contribution >= 4 is 11.7 Å². The highest BCUT2D eigenvalue weighted by Gasteiger charge is 2.31. The number of hydrogen-bond donors (Lipinski definition) is 1. The van der Waals surface area contributed by atoms with Crippen LogP contribution in [0.15, 0.2) is 35.1 Å². The van der Waals surface area contributed by atoms with Crippen LogP contribution >= 0.6 is 0 Å². The molecule has 1 saturated heterocycles. The molecule has 6 heteroatoms. The summed E-state index contributed by atoms with van der Waals surface area (Å²) in [6.07, 6.45) is 4.45. The summed E-state index contributed by atoms with van der Waals surface area (Å²) < 4.78 is 5.21. The summed E-state index contributed by atoms with van der Waals surface area (Å²) >= 11 is 0. The first-order valence-electron chi connectivity index (χ1n) is 8.37. The summed E-state index contributed by atoms with van der Waals surface area (Å²) in [6, 6.07) is 7.73. The van der Waals surface area contributed by atoms with Gasteiger partial charge in [0.05, 0.1) is 0 Å². The van der Waals surface area contributed by atoms with Crippen LogP contribution in [0, 0.1) is 5.41 Å². The van der Waals surface area contributed by atoms with Gasteiger partial charge in [0.1, 0.15) is 0 Å². The van der Waals surface area contributed by atoms with E-state index in [0.29, 0.717) is 11.9 Å². The monoisotopic (exact) mass is 328 g/mol. The van der Waals surface area contributed by atoms with E-state index in [1.807, 2.05) is 29.2 Å². The van der Waals surface area contributed by atoms with Gasteiger partial charge < -0.3 is 14.6 Å². The molecule has 0 bridgehead atoms. The normalized spacial score (nSPS) is 18.0. The lowest BCUT2D eigenvalue weighted by molar-refractivity contribution is 0.187. The van der Waals surface area contributed by atoms with Crippen LogP contribution in [0.3, 0.4) is 0 Å². The van der Waals surface area contributed by atoms with E-state index in [1.165, 1.54) is 6.39 Å². The van der Waals surface area contributed by atoms with Gasteiger partial charge in [0.15, 0.2) is 0 Å². The molecule has 3 rings (SSSR count). The van der Waals surface area contributed by atoms with Gasteiger partial charge in [-0.2, -0.15) is 0 Å². The van der Waals surface area contributed by atoms with E-state index in [4.69, 9.17) is 4.42 Å². The number of amides is 2. The third-order valence-electron chi connectivity index (χ3n) is 4.21. The van der Waals surface area contributed by atoms with E-state index in [0.717, 1.165) is 37.1 Å². The molecule has 1 atom stereocenters. The number of rotatable bonds is 3. The fourth-order valence-corrected chi connectivity index (χ4v) is 3.25. The highest BCUT2D eigenvalue weighted by atomic mass is 16.4. The molecule has 0 aliphatic carbocycles. The lowest BCUT2D eigenvalue weighted by Gasteiger charge is -2.30.